The number of aliphatic carboxylic acids is 1. The fourth-order valence-corrected chi connectivity index (χ4v) is 0.632. The summed E-state index contributed by atoms with van der Waals surface area (Å²) in [6.45, 7) is 0.604. The van der Waals surface area contributed by atoms with Crippen LogP contribution >= 0.6 is 24.8 Å². The molecule has 0 fully saturated rings. The van der Waals surface area contributed by atoms with Crippen molar-refractivity contribution in [3.05, 3.63) is 0 Å². The maximum absolute atomic E-state index is 10.1. The van der Waals surface area contributed by atoms with E-state index in [4.69, 9.17) is 16.6 Å². The molecule has 0 aliphatic rings. The standard InChI is InChI=1S/C6H14N2O2.2ClH/c7-4-2-1-3-5(8)6(9)10;;/h5H,1-4,7-8H2,(H,9,10);2*1H/i8+1;;. The van der Waals surface area contributed by atoms with E-state index in [2.05, 4.69) is 0 Å². The second kappa shape index (κ2) is 11.0. The highest BCUT2D eigenvalue weighted by Gasteiger charge is 2.09. The molecule has 0 amide bonds. The van der Waals surface area contributed by atoms with Crippen LogP contribution in [0.3, 0.4) is 0 Å². The molecule has 0 aliphatic heterocycles. The number of carbonyl (C=O) groups is 1. The van der Waals surface area contributed by atoms with E-state index in [9.17, 15) is 4.79 Å². The third-order valence-electron chi connectivity index (χ3n) is 1.29. The van der Waals surface area contributed by atoms with Crippen molar-refractivity contribution >= 4 is 30.8 Å². The van der Waals surface area contributed by atoms with Gasteiger partial charge in [0.25, 0.3) is 0 Å². The Bertz CT molecular complexity index is 114. The first-order valence-electron chi connectivity index (χ1n) is 3.37. The van der Waals surface area contributed by atoms with E-state index in [1.807, 2.05) is 0 Å². The Kier molecular flexibility index (Phi) is 16.4. The minimum Gasteiger partial charge on any atom is -0.480 e. The summed E-state index contributed by atoms with van der Waals surface area (Å²) in [5.41, 5.74) is 10.4. The van der Waals surface area contributed by atoms with Gasteiger partial charge in [-0.2, -0.15) is 0 Å². The number of hydrogen-bond donors (Lipinski definition) is 3. The summed E-state index contributed by atoms with van der Waals surface area (Å²) in [5.74, 6) is -0.933. The summed E-state index contributed by atoms with van der Waals surface area (Å²) in [7, 11) is 0. The minimum atomic E-state index is -0.933. The highest BCUT2D eigenvalue weighted by Crippen LogP contribution is 1.96. The van der Waals surface area contributed by atoms with E-state index in [0.29, 0.717) is 13.0 Å². The lowest BCUT2D eigenvalue weighted by molar-refractivity contribution is -0.138. The van der Waals surface area contributed by atoms with Gasteiger partial charge in [0, 0.05) is 0 Å². The molecule has 5 N–H and O–H groups in total. The van der Waals surface area contributed by atoms with Crippen LogP contribution in [0.2, 0.25) is 0 Å². The Labute approximate surface area is 84.5 Å². The lowest BCUT2D eigenvalue weighted by Gasteiger charge is -2.03. The highest BCUT2D eigenvalue weighted by atomic mass is 35.5. The number of unbranched alkanes of at least 4 members (excludes halogenated alkanes) is 1. The monoisotopic (exact) mass is 219 g/mol. The molecule has 0 saturated carbocycles. The Hall–Kier alpha value is -0.0300. The Morgan fingerprint density at radius 3 is 2.17 bits per heavy atom. The molecule has 6 heteroatoms. The molecule has 0 aromatic heterocycles. The number of carboxylic acid groups (broad SMARTS) is 1. The number of rotatable bonds is 5. The van der Waals surface area contributed by atoms with E-state index >= 15 is 0 Å². The topological polar surface area (TPSA) is 89.3 Å². The van der Waals surface area contributed by atoms with E-state index < -0.39 is 12.0 Å². The molecule has 12 heavy (non-hydrogen) atoms. The molecule has 0 heterocycles. The lowest BCUT2D eigenvalue weighted by Crippen LogP contribution is -2.29. The third kappa shape index (κ3) is 9.97. The van der Waals surface area contributed by atoms with Crippen molar-refractivity contribution in [3.63, 3.8) is 0 Å². The highest BCUT2D eigenvalue weighted by molar-refractivity contribution is 5.85. The van der Waals surface area contributed by atoms with Gasteiger partial charge >= 0.3 is 5.97 Å². The second-order valence-electron chi connectivity index (χ2n) is 2.23. The quantitative estimate of drug-likeness (QED) is 0.461. The lowest BCUT2D eigenvalue weighted by atomic mass is 10.1. The fourth-order valence-electron chi connectivity index (χ4n) is 0.632. The van der Waals surface area contributed by atoms with E-state index in [1.54, 1.807) is 0 Å². The summed E-state index contributed by atoms with van der Waals surface area (Å²) >= 11 is 0. The van der Waals surface area contributed by atoms with Gasteiger partial charge in [-0.1, -0.05) is 6.42 Å². The Morgan fingerprint density at radius 2 is 1.83 bits per heavy atom. The summed E-state index contributed by atoms with van der Waals surface area (Å²) in [6.07, 6.45) is 2.16. The molecule has 0 bridgehead atoms. The zero-order valence-corrected chi connectivity index (χ0v) is 8.37. The van der Waals surface area contributed by atoms with Gasteiger partial charge in [-0.3, -0.25) is 4.79 Å². The van der Waals surface area contributed by atoms with Crippen LogP contribution in [0.25, 0.3) is 0 Å². The van der Waals surface area contributed by atoms with Gasteiger partial charge in [0.05, 0.1) is 0 Å². The zero-order valence-electron chi connectivity index (χ0n) is 6.73. The molecule has 1 atom stereocenters. The molecule has 76 valence electrons. The molecule has 0 aliphatic carbocycles. The van der Waals surface area contributed by atoms with Crippen molar-refractivity contribution in [2.75, 3.05) is 6.54 Å². The van der Waals surface area contributed by atoms with Gasteiger partial charge in [-0.05, 0) is 19.4 Å². The largest absolute Gasteiger partial charge is 0.480 e. The average Bonchev–Trinajstić information content (AvgIpc) is 1.88. The predicted octanol–water partition coefficient (Wildman–Crippen LogP) is 0.371. The molecule has 1 unspecified atom stereocenters. The molecule has 4 nitrogen and oxygen atoms in total. The first kappa shape index (κ1) is 17.9. The van der Waals surface area contributed by atoms with Gasteiger partial charge in [-0.15, -0.1) is 24.8 Å². The van der Waals surface area contributed by atoms with Gasteiger partial charge in [0.1, 0.15) is 6.04 Å². The average molecular weight is 220 g/mol. The van der Waals surface area contributed by atoms with E-state index in [0.717, 1.165) is 12.8 Å². The van der Waals surface area contributed by atoms with Crippen LogP contribution in [0.5, 0.6) is 0 Å². The fraction of sp³-hybridized carbons (Fsp3) is 0.833. The van der Waals surface area contributed by atoms with Crippen molar-refractivity contribution in [1.82, 2.24) is 0 Å². The van der Waals surface area contributed by atoms with Crippen LogP contribution in [-0.4, -0.2) is 23.7 Å². The van der Waals surface area contributed by atoms with Gasteiger partial charge < -0.3 is 16.6 Å². The van der Waals surface area contributed by atoms with Gasteiger partial charge in [0.15, 0.2) is 0 Å². The van der Waals surface area contributed by atoms with Gasteiger partial charge in [-0.25, -0.2) is 0 Å². The number of nitrogens with two attached hydrogens (primary N) is 2. The van der Waals surface area contributed by atoms with Crippen LogP contribution in [0, 0.1) is 0 Å². The normalized spacial score (nSPS) is 10.8. The van der Waals surface area contributed by atoms with Gasteiger partial charge in [0.2, 0.25) is 0 Å². The first-order chi connectivity index (χ1) is 4.68. The molecule has 0 aromatic rings. The van der Waals surface area contributed by atoms with Crippen LogP contribution in [-0.2, 0) is 4.79 Å². The van der Waals surface area contributed by atoms with Crippen molar-refractivity contribution in [2.24, 2.45) is 11.5 Å². The molecule has 0 spiro atoms. The third-order valence-corrected chi connectivity index (χ3v) is 1.29. The molecular weight excluding hydrogens is 204 g/mol. The minimum absolute atomic E-state index is 0. The Morgan fingerprint density at radius 1 is 1.33 bits per heavy atom. The van der Waals surface area contributed by atoms with Crippen LogP contribution < -0.4 is 11.5 Å². The maximum atomic E-state index is 10.1. The summed E-state index contributed by atoms with van der Waals surface area (Å²) < 4.78 is 0. The van der Waals surface area contributed by atoms with E-state index in [-0.39, 0.29) is 24.8 Å². The molecule has 0 radical (unpaired) electrons. The van der Waals surface area contributed by atoms with Crippen LogP contribution in [0.4, 0.5) is 0 Å². The van der Waals surface area contributed by atoms with E-state index in [1.165, 1.54) is 0 Å². The molecular formula is C6H16Cl2N2O2. The molecule has 0 saturated heterocycles. The van der Waals surface area contributed by atoms with Crippen molar-refractivity contribution in [3.8, 4) is 0 Å². The molecule has 0 rings (SSSR count). The summed E-state index contributed by atoms with van der Waals surface area (Å²) in [5, 5.41) is 8.33. The molecule has 0 aromatic carbocycles. The predicted molar refractivity (Wildman–Crippen MR) is 53.0 cm³/mol. The van der Waals surface area contributed by atoms with Crippen LogP contribution in [0.15, 0.2) is 0 Å². The smallest absolute Gasteiger partial charge is 0.320 e. The maximum Gasteiger partial charge on any atom is 0.320 e. The number of carboxylic acids is 1. The number of hydrogen-bond acceptors (Lipinski definition) is 3. The number of halogens is 2. The van der Waals surface area contributed by atoms with Crippen molar-refractivity contribution in [1.29, 1.82) is 0 Å². The summed E-state index contributed by atoms with van der Waals surface area (Å²) in [6, 6.07) is -0.716. The van der Waals surface area contributed by atoms with Crippen molar-refractivity contribution < 1.29 is 9.90 Å². The SMILES string of the molecule is Cl.Cl.NCCCCC([15NH2])C(=O)O. The second-order valence-corrected chi connectivity index (χ2v) is 2.23. The summed E-state index contributed by atoms with van der Waals surface area (Å²) in [4.78, 5) is 10.1. The van der Waals surface area contributed by atoms with Crippen LogP contribution in [0.1, 0.15) is 19.3 Å². The Balaban J connectivity index is -0.000000405. The van der Waals surface area contributed by atoms with Crippen molar-refractivity contribution in [2.45, 2.75) is 25.3 Å². The first-order valence-corrected chi connectivity index (χ1v) is 3.37. The zero-order chi connectivity index (χ0) is 7.98.